The van der Waals surface area contributed by atoms with Gasteiger partial charge < -0.3 is 24.7 Å². The number of rotatable bonds is 7. The number of phenolic OH excluding ortho intramolecular Hbond substituents is 1. The number of phenols is 1. The molecule has 0 amide bonds. The summed E-state index contributed by atoms with van der Waals surface area (Å²) in [4.78, 5) is -0.281. The van der Waals surface area contributed by atoms with Crippen LogP contribution >= 0.6 is 22.7 Å². The first-order chi connectivity index (χ1) is 14.8. The van der Waals surface area contributed by atoms with Crippen molar-refractivity contribution in [2.24, 2.45) is 5.41 Å². The zero-order chi connectivity index (χ0) is 23.8. The Bertz CT molecular complexity index is 1220. The highest BCUT2D eigenvalue weighted by Gasteiger charge is 2.32. The Morgan fingerprint density at radius 1 is 1.19 bits per heavy atom. The van der Waals surface area contributed by atoms with E-state index in [1.54, 1.807) is 12.1 Å². The van der Waals surface area contributed by atoms with Crippen LogP contribution in [-0.4, -0.2) is 45.2 Å². The minimum absolute atomic E-state index is 0.0634. The lowest BCUT2D eigenvalue weighted by Gasteiger charge is -2.29. The van der Waals surface area contributed by atoms with Gasteiger partial charge in [0, 0.05) is 22.8 Å². The number of nitrogens with one attached hydrogen (secondary N) is 2. The number of benzene rings is 1. The molecule has 0 saturated carbocycles. The Morgan fingerprint density at radius 2 is 1.84 bits per heavy atom. The third kappa shape index (κ3) is 4.99. The fourth-order valence-corrected chi connectivity index (χ4v) is 4.70. The van der Waals surface area contributed by atoms with E-state index in [9.17, 15) is 18.1 Å². The zero-order valence-electron chi connectivity index (χ0n) is 18.1. The number of hydrogen-bond acceptors (Lipinski definition) is 9. The Hall–Kier alpha value is -2.38. The molecule has 13 heteroatoms. The number of aromatic hydroxyl groups is 1. The average Bonchev–Trinajstić information content (AvgIpc) is 3.25. The number of anilines is 3. The van der Waals surface area contributed by atoms with Gasteiger partial charge in [0.1, 0.15) is 10.7 Å². The summed E-state index contributed by atoms with van der Waals surface area (Å²) in [6.45, 7) is 5.91. The second-order valence-electron chi connectivity index (χ2n) is 8.26. The second-order valence-corrected chi connectivity index (χ2v) is 11.6. The number of nitrogens with zero attached hydrogens (tertiary/aromatic N) is 3. The van der Waals surface area contributed by atoms with Gasteiger partial charge in [-0.25, -0.2) is 12.7 Å². The minimum atomic E-state index is -3.89. The van der Waals surface area contributed by atoms with Gasteiger partial charge in [-0.1, -0.05) is 26.8 Å². The fraction of sp³-hybridized carbons (Fsp3) is 0.368. The lowest BCUT2D eigenvalue weighted by Crippen LogP contribution is -2.25. The second kappa shape index (κ2) is 8.87. The fourth-order valence-electron chi connectivity index (χ4n) is 2.93. The number of para-hydroxylation sites is 1. The molecule has 2 atom stereocenters. The molecule has 0 saturated heterocycles. The molecule has 2 heterocycles. The maximum atomic E-state index is 12.5. The van der Waals surface area contributed by atoms with Gasteiger partial charge in [0.2, 0.25) is 21.7 Å². The number of halogens is 1. The highest BCUT2D eigenvalue weighted by atomic mass is 35.5. The average molecular weight is 502 g/mol. The third-order valence-corrected chi connectivity index (χ3v) is 7.33. The van der Waals surface area contributed by atoms with Crippen LogP contribution in [0.4, 0.5) is 17.3 Å². The van der Waals surface area contributed by atoms with Crippen LogP contribution in [0.3, 0.4) is 0 Å². The van der Waals surface area contributed by atoms with E-state index in [0.717, 1.165) is 4.31 Å². The quantitative estimate of drug-likeness (QED) is 0.318. The van der Waals surface area contributed by atoms with Gasteiger partial charge in [-0.15, -0.1) is 0 Å². The Balaban J connectivity index is 1.98. The maximum Gasteiger partial charge on any atom is 0.246 e. The normalized spacial score (nSPS) is 13.9. The molecule has 2 aromatic heterocycles. The van der Waals surface area contributed by atoms with Gasteiger partial charge in [-0.2, -0.15) is 0 Å². The standard InChI is InChI=1S/C19H24ClN5O5S2/c1-19(2,3)16(12-9-10-14(20)30-12)22-18-17(23-31(27)24-18)21-11-7-6-8-13(15(11)26)32(28,29)25(4)5/h6-10,16,26H,1-5H3,(H,21,23)(H,22,24)/t16-,31?/m0/s1. The third-order valence-electron chi connectivity index (χ3n) is 4.60. The molecule has 0 aliphatic carbocycles. The van der Waals surface area contributed by atoms with E-state index in [4.69, 9.17) is 16.0 Å². The molecule has 1 aromatic carbocycles. The summed E-state index contributed by atoms with van der Waals surface area (Å²) in [5.74, 6) is 0.288. The maximum absolute atomic E-state index is 12.5. The van der Waals surface area contributed by atoms with Crippen molar-refractivity contribution >= 4 is 50.1 Å². The van der Waals surface area contributed by atoms with E-state index in [1.807, 2.05) is 20.8 Å². The molecule has 3 rings (SSSR count). The van der Waals surface area contributed by atoms with Gasteiger partial charge in [0.25, 0.3) is 0 Å². The Morgan fingerprint density at radius 3 is 2.41 bits per heavy atom. The molecule has 0 radical (unpaired) electrons. The lowest BCUT2D eigenvalue weighted by molar-refractivity contribution is 0.304. The first kappa shape index (κ1) is 24.3. The van der Waals surface area contributed by atoms with E-state index < -0.39 is 33.0 Å². The summed E-state index contributed by atoms with van der Waals surface area (Å²) in [6, 6.07) is 7.16. The van der Waals surface area contributed by atoms with Gasteiger partial charge in [-0.05, 0) is 41.3 Å². The molecule has 174 valence electrons. The van der Waals surface area contributed by atoms with Gasteiger partial charge in [0.15, 0.2) is 22.1 Å². The molecule has 3 aromatic rings. The predicted octanol–water partition coefficient (Wildman–Crippen LogP) is 4.35. The molecule has 3 N–H and O–H groups in total. The van der Waals surface area contributed by atoms with Crippen molar-refractivity contribution in [1.82, 2.24) is 13.1 Å². The predicted molar refractivity (Wildman–Crippen MR) is 122 cm³/mol. The van der Waals surface area contributed by atoms with Gasteiger partial charge in [-0.3, -0.25) is 0 Å². The van der Waals surface area contributed by atoms with E-state index in [2.05, 4.69) is 19.4 Å². The van der Waals surface area contributed by atoms with Crippen LogP contribution in [-0.2, 0) is 10.0 Å². The minimum Gasteiger partial charge on any atom is -0.546 e. The number of sulfonamides is 1. The molecule has 0 spiro atoms. The number of aromatic nitrogens is 2. The van der Waals surface area contributed by atoms with E-state index in [1.165, 1.54) is 32.3 Å². The molecule has 32 heavy (non-hydrogen) atoms. The number of furan rings is 1. The van der Waals surface area contributed by atoms with Gasteiger partial charge in [0.05, 0.1) is 11.7 Å². The molecule has 1 unspecified atom stereocenters. The molecule has 10 nitrogen and oxygen atoms in total. The van der Waals surface area contributed by atoms with E-state index in [0.29, 0.717) is 5.76 Å². The largest absolute Gasteiger partial charge is 0.546 e. The van der Waals surface area contributed by atoms with Crippen molar-refractivity contribution in [3.63, 3.8) is 0 Å². The zero-order valence-corrected chi connectivity index (χ0v) is 20.5. The van der Waals surface area contributed by atoms with E-state index in [-0.39, 0.29) is 32.9 Å². The van der Waals surface area contributed by atoms with Crippen molar-refractivity contribution in [3.05, 3.63) is 41.3 Å². The summed E-state index contributed by atoms with van der Waals surface area (Å²) in [6.07, 6.45) is 0. The first-order valence-corrected chi connectivity index (χ1v) is 12.3. The highest BCUT2D eigenvalue weighted by molar-refractivity contribution is 7.89. The molecular weight excluding hydrogens is 478 g/mol. The Kier molecular flexibility index (Phi) is 6.72. The molecule has 0 aliphatic heterocycles. The van der Waals surface area contributed by atoms with Crippen molar-refractivity contribution in [3.8, 4) is 5.75 Å². The highest BCUT2D eigenvalue weighted by Crippen LogP contribution is 2.41. The van der Waals surface area contributed by atoms with Crippen LogP contribution in [0.5, 0.6) is 5.75 Å². The van der Waals surface area contributed by atoms with Crippen molar-refractivity contribution < 1.29 is 22.5 Å². The SMILES string of the molecule is CN(C)S(=O)(=O)c1cccc(Nc2n[s+]([O-])nc2N[C@@H](c2ccc(Cl)o2)C(C)(C)C)c1O. The summed E-state index contributed by atoms with van der Waals surface area (Å²) in [5, 5.41) is 16.8. The smallest absolute Gasteiger partial charge is 0.246 e. The van der Waals surface area contributed by atoms with Crippen LogP contribution in [0.25, 0.3) is 0 Å². The van der Waals surface area contributed by atoms with Crippen LogP contribution < -0.4 is 10.6 Å². The van der Waals surface area contributed by atoms with Crippen LogP contribution in [0, 0.1) is 5.41 Å². The summed E-state index contributed by atoms with van der Waals surface area (Å²) >= 11 is 4.03. The number of hydrogen-bond donors (Lipinski definition) is 3. The van der Waals surface area contributed by atoms with Crippen molar-refractivity contribution in [2.75, 3.05) is 24.7 Å². The molecule has 0 fully saturated rings. The van der Waals surface area contributed by atoms with Crippen molar-refractivity contribution in [1.29, 1.82) is 0 Å². The van der Waals surface area contributed by atoms with Crippen molar-refractivity contribution in [2.45, 2.75) is 31.7 Å². The van der Waals surface area contributed by atoms with Crippen LogP contribution in [0.1, 0.15) is 32.6 Å². The Labute approximate surface area is 194 Å². The van der Waals surface area contributed by atoms with Crippen LogP contribution in [0.2, 0.25) is 5.22 Å². The molecular formula is C19H24ClN5O5S2. The van der Waals surface area contributed by atoms with E-state index >= 15 is 0 Å². The first-order valence-electron chi connectivity index (χ1n) is 9.44. The topological polar surface area (TPSA) is 144 Å². The summed E-state index contributed by atoms with van der Waals surface area (Å²) in [7, 11) is -1.16. The lowest BCUT2D eigenvalue weighted by atomic mass is 9.85. The molecule has 0 bridgehead atoms. The summed E-state index contributed by atoms with van der Waals surface area (Å²) < 4.78 is 51.5. The monoisotopic (exact) mass is 501 g/mol. The molecule has 0 aliphatic rings. The van der Waals surface area contributed by atoms with Crippen LogP contribution in [0.15, 0.2) is 39.6 Å². The van der Waals surface area contributed by atoms with Gasteiger partial charge >= 0.3 is 0 Å². The summed E-state index contributed by atoms with van der Waals surface area (Å²) in [5.41, 5.74) is -0.297.